The highest BCUT2D eigenvalue weighted by Gasteiger charge is 2.18. The lowest BCUT2D eigenvalue weighted by Crippen LogP contribution is -2.20. The number of hydrogen-bond acceptors (Lipinski definition) is 5. The van der Waals surface area contributed by atoms with Gasteiger partial charge in [0.15, 0.2) is 5.65 Å². The number of pyridine rings is 1. The van der Waals surface area contributed by atoms with Crippen LogP contribution >= 0.6 is 0 Å². The molecule has 0 fully saturated rings. The van der Waals surface area contributed by atoms with Gasteiger partial charge >= 0.3 is 0 Å². The van der Waals surface area contributed by atoms with Gasteiger partial charge in [0.05, 0.1) is 11.4 Å². The second-order valence-corrected chi connectivity index (χ2v) is 11.1. The highest BCUT2D eigenvalue weighted by Crippen LogP contribution is 2.34. The van der Waals surface area contributed by atoms with Crippen molar-refractivity contribution in [3.63, 3.8) is 0 Å². The van der Waals surface area contributed by atoms with E-state index in [9.17, 15) is 4.39 Å². The zero-order chi connectivity index (χ0) is 32.5. The van der Waals surface area contributed by atoms with Crippen molar-refractivity contribution in [2.45, 2.75) is 34.1 Å². The quantitative estimate of drug-likeness (QED) is 0.109. The molecule has 234 valence electrons. The van der Waals surface area contributed by atoms with Crippen LogP contribution in [0.1, 0.15) is 49.6 Å². The van der Waals surface area contributed by atoms with E-state index in [0.29, 0.717) is 12.2 Å². The van der Waals surface area contributed by atoms with Gasteiger partial charge in [0.2, 0.25) is 0 Å². The fourth-order valence-corrected chi connectivity index (χ4v) is 4.98. The maximum atomic E-state index is 14.9. The molecule has 3 heterocycles. The smallest absolute Gasteiger partial charge is 0.181 e. The topological polar surface area (TPSA) is 84.7 Å². The summed E-state index contributed by atoms with van der Waals surface area (Å²) in [6.07, 6.45) is 14.5. The number of nitrogens with zero attached hydrogens (tertiary/aromatic N) is 3. The molecule has 0 radical (unpaired) electrons. The number of rotatable bonds is 14. The van der Waals surface area contributed by atoms with Crippen molar-refractivity contribution in [2.24, 2.45) is 0 Å². The van der Waals surface area contributed by atoms with Crippen LogP contribution in [0.3, 0.4) is 0 Å². The zero-order valence-electron chi connectivity index (χ0n) is 27.2. The Balaban J connectivity index is 1.74. The number of anilines is 1. The van der Waals surface area contributed by atoms with Crippen molar-refractivity contribution in [3.05, 3.63) is 126 Å². The molecule has 0 aliphatic carbocycles. The number of aromatic nitrogens is 4. The van der Waals surface area contributed by atoms with Gasteiger partial charge in [-0.2, -0.15) is 5.10 Å². The van der Waals surface area contributed by atoms with Crippen LogP contribution in [0.2, 0.25) is 0 Å². The van der Waals surface area contributed by atoms with Crippen LogP contribution in [-0.4, -0.2) is 52.3 Å². The van der Waals surface area contributed by atoms with Gasteiger partial charge in [-0.15, -0.1) is 0 Å². The van der Waals surface area contributed by atoms with E-state index in [1.54, 1.807) is 12.1 Å². The van der Waals surface area contributed by atoms with E-state index in [1.807, 2.05) is 77.5 Å². The molecule has 4 aromatic rings. The van der Waals surface area contributed by atoms with Gasteiger partial charge in [-0.3, -0.25) is 5.10 Å². The number of fused-ring (bicyclic) bond motifs is 1. The predicted molar refractivity (Wildman–Crippen MR) is 188 cm³/mol. The average Bonchev–Trinajstić information content (AvgIpc) is 3.61. The molecule has 0 saturated heterocycles. The second-order valence-electron chi connectivity index (χ2n) is 11.1. The monoisotopic (exact) mass is 605 g/mol. The largest absolute Gasteiger partial charge is 0.384 e. The molecule has 0 spiro atoms. The first-order chi connectivity index (χ1) is 21.7. The number of halogens is 1. The Hall–Kier alpha value is -4.95. The number of allylic oxidation sites excluding steroid dienone is 8. The molecular formula is C37H44FN7. The van der Waals surface area contributed by atoms with Crippen LogP contribution in [0.4, 0.5) is 10.1 Å². The minimum atomic E-state index is -0.291. The van der Waals surface area contributed by atoms with Crippen LogP contribution in [0.5, 0.6) is 0 Å². The van der Waals surface area contributed by atoms with Crippen molar-refractivity contribution < 1.29 is 4.39 Å². The van der Waals surface area contributed by atoms with Crippen molar-refractivity contribution in [1.82, 2.24) is 30.4 Å². The van der Waals surface area contributed by atoms with Crippen LogP contribution in [0.15, 0.2) is 97.5 Å². The summed E-state index contributed by atoms with van der Waals surface area (Å²) in [7, 11) is 4.03. The number of nitrogens with one attached hydrogen (secondary N) is 4. The molecule has 0 aliphatic heterocycles. The number of aryl methyl sites for hydroxylation is 1. The maximum absolute atomic E-state index is 14.9. The molecule has 7 nitrogen and oxygen atoms in total. The summed E-state index contributed by atoms with van der Waals surface area (Å²) in [5.41, 5.74) is 10.4. The van der Waals surface area contributed by atoms with Gasteiger partial charge < -0.3 is 20.5 Å². The van der Waals surface area contributed by atoms with E-state index in [1.165, 1.54) is 6.07 Å². The Bertz CT molecular complexity index is 1800. The Morgan fingerprint density at radius 1 is 1.11 bits per heavy atom. The van der Waals surface area contributed by atoms with E-state index in [-0.39, 0.29) is 5.82 Å². The Morgan fingerprint density at radius 3 is 2.60 bits per heavy atom. The lowest BCUT2D eigenvalue weighted by Gasteiger charge is -2.14. The van der Waals surface area contributed by atoms with Crippen molar-refractivity contribution >= 4 is 27.9 Å². The lowest BCUT2D eigenvalue weighted by atomic mass is 9.96. The summed E-state index contributed by atoms with van der Waals surface area (Å²) in [6, 6.07) is 9.28. The van der Waals surface area contributed by atoms with Gasteiger partial charge in [0.1, 0.15) is 5.82 Å². The van der Waals surface area contributed by atoms with Gasteiger partial charge in [0, 0.05) is 58.6 Å². The molecule has 0 unspecified atom stereocenters. The Morgan fingerprint density at radius 2 is 1.91 bits per heavy atom. The number of benzene rings is 1. The highest BCUT2D eigenvalue weighted by atomic mass is 19.1. The summed E-state index contributed by atoms with van der Waals surface area (Å²) in [4.78, 5) is 10.3. The zero-order valence-corrected chi connectivity index (χ0v) is 27.2. The van der Waals surface area contributed by atoms with Gasteiger partial charge in [-0.1, -0.05) is 44.4 Å². The average molecular weight is 606 g/mol. The first-order valence-corrected chi connectivity index (χ1v) is 15.2. The highest BCUT2D eigenvalue weighted by molar-refractivity contribution is 5.94. The van der Waals surface area contributed by atoms with Crippen molar-refractivity contribution in [3.8, 4) is 11.4 Å². The molecule has 0 bridgehead atoms. The van der Waals surface area contributed by atoms with Crippen molar-refractivity contribution in [1.29, 1.82) is 0 Å². The standard InChI is InChI=1S/C37H44FN7/c1-9-13-14-32(27-17-29(38)21-31(19-27)39-15-16-45(7)8)33-22-35(42-25(33)6)36-34-20-28(23-40-37(34)44-43-36)26(11-3)18-30(12-4)41-24(5)10-2/h9,11-14,17-23,39,41-42H,4-5,10,15-16H2,1-3,6-8H3,(H,40,43,44)/b13-9-,26-11+,30-18+,32-14-. The minimum Gasteiger partial charge on any atom is -0.384 e. The molecule has 0 saturated carbocycles. The first-order valence-electron chi connectivity index (χ1n) is 15.2. The first kappa shape index (κ1) is 33.0. The van der Waals surface area contributed by atoms with E-state index in [0.717, 1.165) is 80.4 Å². The molecule has 4 rings (SSSR count). The third-order valence-electron chi connectivity index (χ3n) is 7.46. The molecule has 45 heavy (non-hydrogen) atoms. The molecule has 0 amide bonds. The number of H-pyrrole nitrogens is 2. The summed E-state index contributed by atoms with van der Waals surface area (Å²) in [5, 5.41) is 15.2. The fraction of sp³-hybridized carbons (Fsp3) is 0.243. The third kappa shape index (κ3) is 8.16. The predicted octanol–water partition coefficient (Wildman–Crippen LogP) is 8.37. The fourth-order valence-electron chi connectivity index (χ4n) is 4.98. The molecule has 3 aromatic heterocycles. The molecular weight excluding hydrogens is 561 g/mol. The van der Waals surface area contributed by atoms with Crippen LogP contribution in [0.25, 0.3) is 33.6 Å². The second kappa shape index (κ2) is 15.2. The molecule has 8 heteroatoms. The van der Waals surface area contributed by atoms with E-state index in [2.05, 4.69) is 67.9 Å². The van der Waals surface area contributed by atoms with Crippen LogP contribution in [-0.2, 0) is 0 Å². The minimum absolute atomic E-state index is 0.291. The van der Waals surface area contributed by atoms with E-state index < -0.39 is 0 Å². The van der Waals surface area contributed by atoms with Crippen LogP contribution < -0.4 is 10.6 Å². The Labute approximate surface area is 266 Å². The Kier molecular flexibility index (Phi) is 11.1. The van der Waals surface area contributed by atoms with E-state index in [4.69, 9.17) is 0 Å². The SMILES string of the molecule is C=C/C(=C\C(=C/C)c1cnc2n[nH]c(-c3cc(/C(=C\C=C/C)c4cc(F)cc(NCCN(C)C)c4)c(C)[nH]3)c2c1)NC(=C)CC. The summed E-state index contributed by atoms with van der Waals surface area (Å²) < 4.78 is 14.9. The molecule has 1 aromatic carbocycles. The summed E-state index contributed by atoms with van der Waals surface area (Å²) >= 11 is 0. The van der Waals surface area contributed by atoms with Gasteiger partial charge in [-0.25, -0.2) is 9.37 Å². The number of hydrogen-bond donors (Lipinski definition) is 4. The maximum Gasteiger partial charge on any atom is 0.181 e. The van der Waals surface area contributed by atoms with E-state index >= 15 is 0 Å². The van der Waals surface area contributed by atoms with Crippen molar-refractivity contribution in [2.75, 3.05) is 32.5 Å². The molecule has 0 aliphatic rings. The molecule has 0 atom stereocenters. The van der Waals surface area contributed by atoms with Gasteiger partial charge in [-0.05, 0) is 100 Å². The van der Waals surface area contributed by atoms with Gasteiger partial charge in [0.25, 0.3) is 0 Å². The summed E-state index contributed by atoms with van der Waals surface area (Å²) in [5.74, 6) is -0.291. The normalized spacial score (nSPS) is 12.8. The lowest BCUT2D eigenvalue weighted by molar-refractivity contribution is 0.425. The number of likely N-dealkylation sites (N-methyl/N-ethyl adjacent to an activating group) is 1. The van der Waals surface area contributed by atoms with Crippen LogP contribution in [0, 0.1) is 12.7 Å². The molecule has 4 N–H and O–H groups in total. The summed E-state index contributed by atoms with van der Waals surface area (Å²) in [6.45, 7) is 17.6. The third-order valence-corrected chi connectivity index (χ3v) is 7.46. The number of aromatic amines is 2.